The van der Waals surface area contributed by atoms with Gasteiger partial charge in [0, 0.05) is 32.2 Å². The number of aliphatic hydroxyl groups is 1. The first-order valence-corrected chi connectivity index (χ1v) is 8.83. The Balaban J connectivity index is 1.56. The van der Waals surface area contributed by atoms with Crippen LogP contribution in [-0.2, 0) is 4.79 Å². The third-order valence-corrected chi connectivity index (χ3v) is 5.49. The van der Waals surface area contributed by atoms with Crippen LogP contribution in [0.15, 0.2) is 24.3 Å². The molecular weight excluding hydrogens is 288 g/mol. The molecule has 1 saturated heterocycles. The number of aryl methyl sites for hydroxylation is 1. The number of amides is 1. The van der Waals surface area contributed by atoms with Crippen LogP contribution in [0.1, 0.15) is 43.2 Å². The number of rotatable bonds is 3. The van der Waals surface area contributed by atoms with E-state index in [4.69, 9.17) is 0 Å². The van der Waals surface area contributed by atoms with Crippen LogP contribution in [0.5, 0.6) is 0 Å². The van der Waals surface area contributed by atoms with Gasteiger partial charge in [-0.15, -0.1) is 0 Å². The number of carbonyl (C=O) groups is 1. The minimum absolute atomic E-state index is 0.0841. The van der Waals surface area contributed by atoms with Crippen LogP contribution in [-0.4, -0.2) is 59.1 Å². The van der Waals surface area contributed by atoms with E-state index in [0.717, 1.165) is 51.0 Å². The molecule has 2 fully saturated rings. The Kier molecular flexibility index (Phi) is 5.02. The average molecular weight is 316 g/mol. The lowest BCUT2D eigenvalue weighted by Crippen LogP contribution is -2.54. The number of piperazine rings is 1. The van der Waals surface area contributed by atoms with E-state index in [1.807, 2.05) is 11.8 Å². The maximum absolute atomic E-state index is 12.7. The fourth-order valence-electron chi connectivity index (χ4n) is 3.89. The van der Waals surface area contributed by atoms with Crippen LogP contribution in [0, 0.1) is 6.92 Å². The monoisotopic (exact) mass is 316 g/mol. The van der Waals surface area contributed by atoms with Crippen LogP contribution in [0.2, 0.25) is 0 Å². The van der Waals surface area contributed by atoms with E-state index in [9.17, 15) is 9.90 Å². The van der Waals surface area contributed by atoms with E-state index in [1.165, 1.54) is 5.56 Å². The summed E-state index contributed by atoms with van der Waals surface area (Å²) in [7, 11) is 0. The first kappa shape index (κ1) is 16.5. The number of hydrogen-bond acceptors (Lipinski definition) is 3. The van der Waals surface area contributed by atoms with E-state index in [2.05, 4.69) is 36.1 Å². The third-order valence-electron chi connectivity index (χ3n) is 5.49. The lowest BCUT2D eigenvalue weighted by Gasteiger charge is -2.39. The van der Waals surface area contributed by atoms with Gasteiger partial charge in [0.1, 0.15) is 0 Å². The largest absolute Gasteiger partial charge is 0.391 e. The topological polar surface area (TPSA) is 43.8 Å². The minimum Gasteiger partial charge on any atom is -0.391 e. The van der Waals surface area contributed by atoms with Gasteiger partial charge >= 0.3 is 0 Å². The molecule has 2 aliphatic rings. The summed E-state index contributed by atoms with van der Waals surface area (Å²) in [5, 5.41) is 10.1. The molecule has 1 aromatic carbocycles. The summed E-state index contributed by atoms with van der Waals surface area (Å²) in [6.07, 6.45) is 2.96. The van der Waals surface area contributed by atoms with Crippen molar-refractivity contribution in [3.8, 4) is 0 Å². The Bertz CT molecular complexity index is 535. The molecule has 23 heavy (non-hydrogen) atoms. The maximum atomic E-state index is 12.7. The lowest BCUT2D eigenvalue weighted by atomic mass is 9.98. The van der Waals surface area contributed by atoms with Crippen molar-refractivity contribution in [2.45, 2.75) is 51.2 Å². The molecule has 1 N–H and O–H groups in total. The van der Waals surface area contributed by atoms with Crippen molar-refractivity contribution in [2.75, 3.05) is 26.2 Å². The highest BCUT2D eigenvalue weighted by Crippen LogP contribution is 2.26. The molecule has 4 heteroatoms. The van der Waals surface area contributed by atoms with Gasteiger partial charge in [-0.25, -0.2) is 0 Å². The van der Waals surface area contributed by atoms with Crippen molar-refractivity contribution >= 4 is 5.91 Å². The number of carbonyl (C=O) groups excluding carboxylic acids is 1. The van der Waals surface area contributed by atoms with Gasteiger partial charge in [0.25, 0.3) is 0 Å². The number of hydrogen-bond donors (Lipinski definition) is 1. The van der Waals surface area contributed by atoms with E-state index in [1.54, 1.807) is 0 Å². The van der Waals surface area contributed by atoms with Crippen LogP contribution in [0.3, 0.4) is 0 Å². The summed E-state index contributed by atoms with van der Waals surface area (Å²) < 4.78 is 0. The summed E-state index contributed by atoms with van der Waals surface area (Å²) in [5.74, 6) is 0.139. The molecule has 1 heterocycles. The van der Waals surface area contributed by atoms with Crippen molar-refractivity contribution in [3.05, 3.63) is 35.4 Å². The highest BCUT2D eigenvalue weighted by atomic mass is 16.3. The van der Waals surface area contributed by atoms with Crippen LogP contribution in [0.25, 0.3) is 0 Å². The molecule has 0 bridgehead atoms. The molecule has 3 atom stereocenters. The molecule has 1 aromatic rings. The average Bonchev–Trinajstić information content (AvgIpc) is 3.00. The van der Waals surface area contributed by atoms with Gasteiger partial charge in [0.15, 0.2) is 0 Å². The molecule has 4 nitrogen and oxygen atoms in total. The molecular formula is C19H28N2O2. The molecule has 1 saturated carbocycles. The van der Waals surface area contributed by atoms with Crippen LogP contribution < -0.4 is 0 Å². The van der Waals surface area contributed by atoms with Gasteiger partial charge in [0.05, 0.1) is 12.0 Å². The second-order valence-electron chi connectivity index (χ2n) is 7.06. The summed E-state index contributed by atoms with van der Waals surface area (Å²) in [5.41, 5.74) is 2.31. The minimum atomic E-state index is -0.177. The fourth-order valence-corrected chi connectivity index (χ4v) is 3.89. The second-order valence-corrected chi connectivity index (χ2v) is 7.06. The lowest BCUT2D eigenvalue weighted by molar-refractivity contribution is -0.134. The van der Waals surface area contributed by atoms with E-state index < -0.39 is 0 Å². The molecule has 0 aromatic heterocycles. The smallest absolute Gasteiger partial charge is 0.229 e. The van der Waals surface area contributed by atoms with Gasteiger partial charge in [-0.1, -0.05) is 29.8 Å². The molecule has 0 unspecified atom stereocenters. The van der Waals surface area contributed by atoms with E-state index in [0.29, 0.717) is 6.04 Å². The molecule has 1 amide bonds. The second kappa shape index (κ2) is 7.02. The van der Waals surface area contributed by atoms with Gasteiger partial charge in [-0.2, -0.15) is 0 Å². The van der Waals surface area contributed by atoms with Crippen molar-refractivity contribution in [3.63, 3.8) is 0 Å². The summed E-state index contributed by atoms with van der Waals surface area (Å²) in [4.78, 5) is 17.1. The normalized spacial score (nSPS) is 27.2. The Hall–Kier alpha value is -1.39. The Labute approximate surface area is 139 Å². The Morgan fingerprint density at radius 1 is 1.13 bits per heavy atom. The Morgan fingerprint density at radius 3 is 2.35 bits per heavy atom. The summed E-state index contributed by atoms with van der Waals surface area (Å²) >= 11 is 0. The van der Waals surface area contributed by atoms with Gasteiger partial charge in [0.2, 0.25) is 5.91 Å². The summed E-state index contributed by atoms with van der Waals surface area (Å²) in [6, 6.07) is 8.56. The highest BCUT2D eigenvalue weighted by molar-refractivity contribution is 5.83. The molecule has 1 aliphatic carbocycles. The van der Waals surface area contributed by atoms with Crippen molar-refractivity contribution in [2.24, 2.45) is 0 Å². The molecule has 0 radical (unpaired) electrons. The first-order valence-electron chi connectivity index (χ1n) is 8.83. The quantitative estimate of drug-likeness (QED) is 0.929. The zero-order valence-electron chi connectivity index (χ0n) is 14.2. The van der Waals surface area contributed by atoms with Crippen molar-refractivity contribution in [1.82, 2.24) is 9.80 Å². The van der Waals surface area contributed by atoms with E-state index in [-0.39, 0.29) is 17.9 Å². The fraction of sp³-hybridized carbons (Fsp3) is 0.632. The predicted octanol–water partition coefficient (Wildman–Crippen LogP) is 2.16. The van der Waals surface area contributed by atoms with Crippen LogP contribution >= 0.6 is 0 Å². The SMILES string of the molecule is Cc1ccc([C@H](C)C(=O)N2CCN([C@H]3CCC[C@@H]3O)CC2)cc1. The summed E-state index contributed by atoms with van der Waals surface area (Å²) in [6.45, 7) is 7.38. The van der Waals surface area contributed by atoms with Crippen molar-refractivity contribution in [1.29, 1.82) is 0 Å². The van der Waals surface area contributed by atoms with Gasteiger partial charge in [-0.3, -0.25) is 9.69 Å². The standard InChI is InChI=1S/C19H28N2O2/c1-14-6-8-16(9-7-14)15(2)19(23)21-12-10-20(11-13-21)17-4-3-5-18(17)22/h6-9,15,17-18,22H,3-5,10-13H2,1-2H3/t15-,17-,18-/m0/s1. The predicted molar refractivity (Wildman–Crippen MR) is 91.4 cm³/mol. The highest BCUT2D eigenvalue weighted by Gasteiger charge is 2.34. The van der Waals surface area contributed by atoms with E-state index >= 15 is 0 Å². The number of aliphatic hydroxyl groups excluding tert-OH is 1. The molecule has 126 valence electrons. The van der Waals surface area contributed by atoms with Crippen molar-refractivity contribution < 1.29 is 9.90 Å². The van der Waals surface area contributed by atoms with Gasteiger partial charge < -0.3 is 10.0 Å². The first-order chi connectivity index (χ1) is 11.1. The van der Waals surface area contributed by atoms with Crippen LogP contribution in [0.4, 0.5) is 0 Å². The number of benzene rings is 1. The zero-order valence-corrected chi connectivity index (χ0v) is 14.2. The number of nitrogens with zero attached hydrogens (tertiary/aromatic N) is 2. The molecule has 3 rings (SSSR count). The zero-order chi connectivity index (χ0) is 16.4. The molecule has 1 aliphatic heterocycles. The van der Waals surface area contributed by atoms with Gasteiger partial charge in [-0.05, 0) is 38.7 Å². The molecule has 0 spiro atoms. The maximum Gasteiger partial charge on any atom is 0.229 e. The third kappa shape index (κ3) is 3.59. The Morgan fingerprint density at radius 2 is 1.78 bits per heavy atom.